The van der Waals surface area contributed by atoms with Gasteiger partial charge in [-0.25, -0.2) is 4.68 Å². The van der Waals surface area contributed by atoms with Crippen LogP contribution in [0.3, 0.4) is 0 Å². The van der Waals surface area contributed by atoms with Crippen LogP contribution in [0.2, 0.25) is 0 Å². The molecule has 0 unspecified atom stereocenters. The molecule has 0 aliphatic carbocycles. The molecule has 5 nitrogen and oxygen atoms in total. The summed E-state index contributed by atoms with van der Waals surface area (Å²) in [6.07, 6.45) is 8.41. The third-order valence-electron chi connectivity index (χ3n) is 2.58. The zero-order valence-electron chi connectivity index (χ0n) is 10.8. The van der Waals surface area contributed by atoms with Crippen molar-refractivity contribution in [1.82, 2.24) is 14.8 Å². The first-order chi connectivity index (χ1) is 9.22. The molecule has 0 aromatic carbocycles. The van der Waals surface area contributed by atoms with Crippen molar-refractivity contribution in [3.8, 4) is 5.69 Å². The summed E-state index contributed by atoms with van der Waals surface area (Å²) >= 11 is 0. The second-order valence-corrected chi connectivity index (χ2v) is 3.94. The van der Waals surface area contributed by atoms with Crippen LogP contribution in [0.15, 0.2) is 52.7 Å². The molecule has 19 heavy (non-hydrogen) atoms. The maximum atomic E-state index is 11.8. The number of aliphatic imine (C=N–C) groups is 1. The quantitative estimate of drug-likeness (QED) is 0.784. The summed E-state index contributed by atoms with van der Waals surface area (Å²) in [6, 6.07) is 5.16. The molecular formula is C14H14N4O. The van der Waals surface area contributed by atoms with Gasteiger partial charge in [-0.3, -0.25) is 14.8 Å². The molecule has 2 heterocycles. The lowest BCUT2D eigenvalue weighted by Gasteiger charge is -2.06. The van der Waals surface area contributed by atoms with E-state index in [1.807, 2.05) is 19.1 Å². The Kier molecular flexibility index (Phi) is 3.97. The highest BCUT2D eigenvalue weighted by Crippen LogP contribution is 2.07. The van der Waals surface area contributed by atoms with Crippen molar-refractivity contribution in [1.29, 1.82) is 0 Å². The van der Waals surface area contributed by atoms with Gasteiger partial charge in [-0.2, -0.15) is 5.10 Å². The van der Waals surface area contributed by atoms with Gasteiger partial charge >= 0.3 is 0 Å². The highest BCUT2D eigenvalue weighted by Gasteiger charge is 2.05. The lowest BCUT2D eigenvalue weighted by Crippen LogP contribution is -2.14. The van der Waals surface area contributed by atoms with Crippen LogP contribution in [0.25, 0.3) is 11.3 Å². The van der Waals surface area contributed by atoms with E-state index in [0.29, 0.717) is 5.69 Å². The van der Waals surface area contributed by atoms with E-state index in [-0.39, 0.29) is 5.43 Å². The summed E-state index contributed by atoms with van der Waals surface area (Å²) in [6.45, 7) is 1.84. The SMILES string of the molecule is CN=C/C=C(\C)c1nn(-c2ccncc2)ccc1=O. The fourth-order valence-electron chi connectivity index (χ4n) is 1.59. The average Bonchev–Trinajstić information content (AvgIpc) is 2.46. The molecule has 2 aromatic rings. The summed E-state index contributed by atoms with van der Waals surface area (Å²) in [4.78, 5) is 19.7. The van der Waals surface area contributed by atoms with Crippen molar-refractivity contribution in [3.05, 3.63) is 58.8 Å². The van der Waals surface area contributed by atoms with E-state index in [1.165, 1.54) is 6.07 Å². The topological polar surface area (TPSA) is 60.1 Å². The molecule has 0 fully saturated rings. The van der Waals surface area contributed by atoms with Gasteiger partial charge in [0.1, 0.15) is 5.69 Å². The van der Waals surface area contributed by atoms with Crippen molar-refractivity contribution in [2.45, 2.75) is 6.92 Å². The Hall–Kier alpha value is -2.56. The normalized spacial score (nSPS) is 12.0. The zero-order valence-corrected chi connectivity index (χ0v) is 10.8. The van der Waals surface area contributed by atoms with E-state index in [9.17, 15) is 4.79 Å². The number of hydrogen-bond donors (Lipinski definition) is 0. The molecule has 0 saturated heterocycles. The van der Waals surface area contributed by atoms with Gasteiger partial charge in [-0.1, -0.05) is 0 Å². The molecule has 0 atom stereocenters. The van der Waals surface area contributed by atoms with Crippen LogP contribution in [0.4, 0.5) is 0 Å². The minimum absolute atomic E-state index is 0.108. The van der Waals surface area contributed by atoms with E-state index in [1.54, 1.807) is 42.6 Å². The Bertz CT molecular complexity index is 671. The Balaban J connectivity index is 2.49. The van der Waals surface area contributed by atoms with Gasteiger partial charge in [0.2, 0.25) is 5.43 Å². The number of rotatable bonds is 3. The molecule has 0 amide bonds. The first-order valence-corrected chi connectivity index (χ1v) is 5.82. The molecule has 96 valence electrons. The molecule has 2 aromatic heterocycles. The van der Waals surface area contributed by atoms with Gasteiger partial charge in [0.15, 0.2) is 0 Å². The number of nitrogens with zero attached hydrogens (tertiary/aromatic N) is 4. The second-order valence-electron chi connectivity index (χ2n) is 3.94. The predicted molar refractivity (Wildman–Crippen MR) is 75.7 cm³/mol. The first-order valence-electron chi connectivity index (χ1n) is 5.82. The maximum absolute atomic E-state index is 11.8. The molecule has 0 N–H and O–H groups in total. The summed E-state index contributed by atoms with van der Waals surface area (Å²) in [5.41, 5.74) is 1.94. The zero-order chi connectivity index (χ0) is 13.7. The molecule has 5 heteroatoms. The third kappa shape index (κ3) is 3.01. The van der Waals surface area contributed by atoms with E-state index in [2.05, 4.69) is 15.1 Å². The van der Waals surface area contributed by atoms with Gasteiger partial charge in [0.05, 0.1) is 5.69 Å². The number of allylic oxidation sites excluding steroid dienone is 2. The highest BCUT2D eigenvalue weighted by atomic mass is 16.1. The molecule has 0 radical (unpaired) electrons. The van der Waals surface area contributed by atoms with Crippen LogP contribution in [0.5, 0.6) is 0 Å². The van der Waals surface area contributed by atoms with Crippen molar-refractivity contribution >= 4 is 11.8 Å². The lowest BCUT2D eigenvalue weighted by atomic mass is 10.2. The predicted octanol–water partition coefficient (Wildman–Crippen LogP) is 1.73. The molecular weight excluding hydrogens is 240 g/mol. The minimum Gasteiger partial charge on any atom is -0.297 e. The van der Waals surface area contributed by atoms with Gasteiger partial charge in [0, 0.05) is 37.9 Å². The Morgan fingerprint density at radius 1 is 1.32 bits per heavy atom. The smallest absolute Gasteiger partial charge is 0.207 e. The van der Waals surface area contributed by atoms with Crippen LogP contribution in [-0.2, 0) is 0 Å². The minimum atomic E-state index is -0.108. The Labute approximate surface area is 111 Å². The van der Waals surface area contributed by atoms with Gasteiger partial charge in [-0.15, -0.1) is 0 Å². The van der Waals surface area contributed by atoms with E-state index >= 15 is 0 Å². The largest absolute Gasteiger partial charge is 0.297 e. The van der Waals surface area contributed by atoms with Crippen molar-refractivity contribution in [3.63, 3.8) is 0 Å². The number of pyridine rings is 1. The van der Waals surface area contributed by atoms with Crippen molar-refractivity contribution < 1.29 is 0 Å². The van der Waals surface area contributed by atoms with E-state index in [0.717, 1.165) is 11.3 Å². The van der Waals surface area contributed by atoms with Crippen LogP contribution in [0, 0.1) is 0 Å². The van der Waals surface area contributed by atoms with E-state index in [4.69, 9.17) is 0 Å². The van der Waals surface area contributed by atoms with Crippen molar-refractivity contribution in [2.24, 2.45) is 4.99 Å². The summed E-state index contributed by atoms with van der Waals surface area (Å²) < 4.78 is 1.65. The molecule has 0 aliphatic rings. The number of aromatic nitrogens is 3. The fraction of sp³-hybridized carbons (Fsp3) is 0.143. The van der Waals surface area contributed by atoms with Crippen molar-refractivity contribution in [2.75, 3.05) is 7.05 Å². The molecule has 0 saturated carbocycles. The second kappa shape index (κ2) is 5.86. The summed E-state index contributed by atoms with van der Waals surface area (Å²) in [5.74, 6) is 0. The average molecular weight is 254 g/mol. The van der Waals surface area contributed by atoms with E-state index < -0.39 is 0 Å². The number of hydrogen-bond acceptors (Lipinski definition) is 4. The molecule has 0 aliphatic heterocycles. The van der Waals surface area contributed by atoms with Crippen LogP contribution in [0.1, 0.15) is 12.6 Å². The van der Waals surface area contributed by atoms with Gasteiger partial charge in [-0.05, 0) is 30.7 Å². The summed E-state index contributed by atoms with van der Waals surface area (Å²) in [7, 11) is 1.68. The van der Waals surface area contributed by atoms with Gasteiger partial charge < -0.3 is 0 Å². The fourth-order valence-corrected chi connectivity index (χ4v) is 1.59. The standard InChI is InChI=1S/C14H14N4O/c1-11(3-7-15-2)14-13(19)6-10-18(17-14)12-4-8-16-9-5-12/h3-10H,1-2H3/b11-3+,15-7?. The third-order valence-corrected chi connectivity index (χ3v) is 2.58. The molecule has 0 spiro atoms. The highest BCUT2D eigenvalue weighted by molar-refractivity contribution is 5.82. The maximum Gasteiger partial charge on any atom is 0.207 e. The molecule has 0 bridgehead atoms. The lowest BCUT2D eigenvalue weighted by molar-refractivity contribution is 0.823. The van der Waals surface area contributed by atoms with Gasteiger partial charge in [0.25, 0.3) is 0 Å². The van der Waals surface area contributed by atoms with Crippen LogP contribution >= 0.6 is 0 Å². The Morgan fingerprint density at radius 3 is 2.74 bits per heavy atom. The monoisotopic (exact) mass is 254 g/mol. The first kappa shape index (κ1) is 12.9. The summed E-state index contributed by atoms with van der Waals surface area (Å²) in [5, 5.41) is 4.34. The Morgan fingerprint density at radius 2 is 2.05 bits per heavy atom. The molecule has 2 rings (SSSR count). The van der Waals surface area contributed by atoms with Crippen LogP contribution < -0.4 is 5.43 Å². The van der Waals surface area contributed by atoms with Crippen LogP contribution in [-0.4, -0.2) is 28.0 Å².